The summed E-state index contributed by atoms with van der Waals surface area (Å²) in [5.74, 6) is -2.53. The van der Waals surface area contributed by atoms with Gasteiger partial charge in [0.15, 0.2) is 9.84 Å². The van der Waals surface area contributed by atoms with Gasteiger partial charge >= 0.3 is 0 Å². The van der Waals surface area contributed by atoms with Crippen LogP contribution in [0.15, 0.2) is 54.6 Å². The molecule has 9 nitrogen and oxygen atoms in total. The SMILES string of the molecule is CCCN(CCC)C(=O)c1cc(C)cc(C(=O)N[C@@H](Cc2cc(F)cc(F)c2)[C@H](O)CN[C@@H]2c3cc(C(C)C)ccc3CS(=O)(=O)[C@@H]2CO)c1. The monoisotopic (exact) mass is 713 g/mol. The number of hydrogen-bond acceptors (Lipinski definition) is 7. The van der Waals surface area contributed by atoms with Crippen LogP contribution in [0.4, 0.5) is 8.78 Å². The fourth-order valence-electron chi connectivity index (χ4n) is 6.57. The standard InChI is InChI=1S/C38H49F2N3O6S/c1-6-10-43(11-7-2)38(47)29-13-24(5)12-28(17-29)37(46)42-33(16-25-14-30(39)19-31(40)15-25)34(45)20-41-36-32-18-26(23(3)4)8-9-27(32)22-50(48,49)35(36)21-44/h8-9,12-15,17-19,23,33-36,41,44-45H,6-7,10-11,16,20-22H2,1-5H3,(H,42,46)/t33-,34+,35+,36+/m0/s1. The Kier molecular flexibility index (Phi) is 13.3. The van der Waals surface area contributed by atoms with Crippen LogP contribution >= 0.6 is 0 Å². The van der Waals surface area contributed by atoms with Crippen molar-refractivity contribution in [2.75, 3.05) is 26.2 Å². The van der Waals surface area contributed by atoms with Crippen LogP contribution in [0.1, 0.15) is 101 Å². The summed E-state index contributed by atoms with van der Waals surface area (Å²) in [6, 6.07) is 11.4. The number of nitrogens with zero attached hydrogens (tertiary/aromatic N) is 1. The summed E-state index contributed by atoms with van der Waals surface area (Å²) in [5.41, 5.74) is 3.64. The third-order valence-electron chi connectivity index (χ3n) is 9.11. The van der Waals surface area contributed by atoms with Gasteiger partial charge in [-0.1, -0.05) is 45.9 Å². The van der Waals surface area contributed by atoms with E-state index in [0.29, 0.717) is 35.3 Å². The molecule has 0 aromatic heterocycles. The largest absolute Gasteiger partial charge is 0.395 e. The minimum Gasteiger partial charge on any atom is -0.395 e. The highest BCUT2D eigenvalue weighted by molar-refractivity contribution is 7.91. The number of aliphatic hydroxyl groups is 2. The zero-order chi connectivity index (χ0) is 36.7. The lowest BCUT2D eigenvalue weighted by Gasteiger charge is -2.35. The van der Waals surface area contributed by atoms with E-state index in [0.717, 1.165) is 36.6 Å². The van der Waals surface area contributed by atoms with Crippen molar-refractivity contribution in [3.8, 4) is 0 Å². The number of nitrogens with one attached hydrogen (secondary N) is 2. The molecule has 4 rings (SSSR count). The molecule has 4 atom stereocenters. The van der Waals surface area contributed by atoms with E-state index in [1.54, 1.807) is 30.0 Å². The second-order valence-electron chi connectivity index (χ2n) is 13.5. The molecule has 3 aromatic carbocycles. The van der Waals surface area contributed by atoms with Crippen LogP contribution in [0, 0.1) is 18.6 Å². The third-order valence-corrected chi connectivity index (χ3v) is 11.2. The number of hydrogen-bond donors (Lipinski definition) is 4. The van der Waals surface area contributed by atoms with Crippen molar-refractivity contribution in [1.29, 1.82) is 0 Å². The zero-order valence-electron chi connectivity index (χ0n) is 29.4. The molecule has 0 fully saturated rings. The first-order valence-corrected chi connectivity index (χ1v) is 18.9. The number of benzene rings is 3. The molecule has 0 bridgehead atoms. The van der Waals surface area contributed by atoms with E-state index in [1.807, 2.05) is 39.8 Å². The number of amides is 2. The number of aryl methyl sites for hydroxylation is 1. The molecule has 2 amide bonds. The minimum atomic E-state index is -3.76. The molecule has 4 N–H and O–H groups in total. The number of carbonyl (C=O) groups is 2. The number of sulfone groups is 1. The van der Waals surface area contributed by atoms with Crippen LogP contribution in [0.3, 0.4) is 0 Å². The Balaban J connectivity index is 1.64. The van der Waals surface area contributed by atoms with Gasteiger partial charge in [-0.15, -0.1) is 0 Å². The lowest BCUT2D eigenvalue weighted by atomic mass is 9.91. The molecule has 0 radical (unpaired) electrons. The van der Waals surface area contributed by atoms with Crippen LogP contribution in [0.5, 0.6) is 0 Å². The Bertz CT molecular complexity index is 1760. The van der Waals surface area contributed by atoms with Crippen molar-refractivity contribution in [1.82, 2.24) is 15.5 Å². The lowest BCUT2D eigenvalue weighted by molar-refractivity contribution is 0.0755. The van der Waals surface area contributed by atoms with Crippen molar-refractivity contribution in [2.24, 2.45) is 0 Å². The summed E-state index contributed by atoms with van der Waals surface area (Å²) in [4.78, 5) is 28.9. The minimum absolute atomic E-state index is 0.155. The molecule has 0 saturated carbocycles. The van der Waals surface area contributed by atoms with Crippen LogP contribution in [-0.4, -0.2) is 79.0 Å². The Morgan fingerprint density at radius 2 is 1.60 bits per heavy atom. The highest BCUT2D eigenvalue weighted by atomic mass is 32.2. The quantitative estimate of drug-likeness (QED) is 0.175. The van der Waals surface area contributed by atoms with Crippen molar-refractivity contribution in [3.63, 3.8) is 0 Å². The van der Waals surface area contributed by atoms with Gasteiger partial charge in [-0.2, -0.15) is 0 Å². The van der Waals surface area contributed by atoms with E-state index in [1.165, 1.54) is 6.07 Å². The molecule has 0 spiro atoms. The van der Waals surface area contributed by atoms with Crippen molar-refractivity contribution in [2.45, 2.75) is 89.0 Å². The molecular formula is C38H49F2N3O6S. The first kappa shape index (κ1) is 39.1. The van der Waals surface area contributed by atoms with Crippen molar-refractivity contribution >= 4 is 21.7 Å². The molecule has 0 saturated heterocycles. The molecule has 1 heterocycles. The third kappa shape index (κ3) is 9.54. The molecule has 0 unspecified atom stereocenters. The average Bonchev–Trinajstić information content (AvgIpc) is 3.04. The van der Waals surface area contributed by atoms with Crippen LogP contribution in [0.2, 0.25) is 0 Å². The maximum Gasteiger partial charge on any atom is 0.253 e. The van der Waals surface area contributed by atoms with E-state index in [4.69, 9.17) is 0 Å². The molecular weight excluding hydrogens is 664 g/mol. The highest BCUT2D eigenvalue weighted by Gasteiger charge is 2.40. The smallest absolute Gasteiger partial charge is 0.253 e. The number of fused-ring (bicyclic) bond motifs is 1. The van der Waals surface area contributed by atoms with Crippen molar-refractivity contribution < 1.29 is 37.0 Å². The predicted molar refractivity (Wildman–Crippen MR) is 190 cm³/mol. The van der Waals surface area contributed by atoms with Crippen molar-refractivity contribution in [3.05, 3.63) is 105 Å². The van der Waals surface area contributed by atoms with Gasteiger partial charge in [0.25, 0.3) is 11.8 Å². The van der Waals surface area contributed by atoms with Gasteiger partial charge < -0.3 is 25.7 Å². The van der Waals surface area contributed by atoms with Gasteiger partial charge in [0.2, 0.25) is 0 Å². The lowest BCUT2D eigenvalue weighted by Crippen LogP contribution is -2.51. The summed E-state index contributed by atoms with van der Waals surface area (Å²) in [6.45, 7) is 10.0. The summed E-state index contributed by atoms with van der Waals surface area (Å²) >= 11 is 0. The summed E-state index contributed by atoms with van der Waals surface area (Å²) in [5, 5.41) is 26.5. The van der Waals surface area contributed by atoms with E-state index in [-0.39, 0.29) is 41.7 Å². The van der Waals surface area contributed by atoms with E-state index in [2.05, 4.69) is 10.6 Å². The molecule has 1 aliphatic heterocycles. The van der Waals surface area contributed by atoms with Gasteiger partial charge in [-0.05, 0) is 90.3 Å². The Labute approximate surface area is 294 Å². The number of rotatable bonds is 15. The topological polar surface area (TPSA) is 136 Å². The molecule has 50 heavy (non-hydrogen) atoms. The van der Waals surface area contributed by atoms with E-state index < -0.39 is 57.4 Å². The van der Waals surface area contributed by atoms with Gasteiger partial charge in [0, 0.05) is 36.8 Å². The zero-order valence-corrected chi connectivity index (χ0v) is 30.2. The first-order chi connectivity index (χ1) is 23.7. The molecule has 272 valence electrons. The maximum atomic E-state index is 14.2. The highest BCUT2D eigenvalue weighted by Crippen LogP contribution is 2.35. The summed E-state index contributed by atoms with van der Waals surface area (Å²) < 4.78 is 54.8. The van der Waals surface area contributed by atoms with Crippen LogP contribution < -0.4 is 10.6 Å². The van der Waals surface area contributed by atoms with Crippen LogP contribution in [0.25, 0.3) is 0 Å². The van der Waals surface area contributed by atoms with Gasteiger partial charge in [0.05, 0.1) is 30.5 Å². The molecule has 1 aliphatic rings. The Morgan fingerprint density at radius 3 is 2.20 bits per heavy atom. The first-order valence-electron chi connectivity index (χ1n) is 17.2. The summed E-state index contributed by atoms with van der Waals surface area (Å²) in [6.07, 6.45) is 0.00843. The number of carbonyl (C=O) groups excluding carboxylic acids is 2. The fourth-order valence-corrected chi connectivity index (χ4v) is 8.36. The molecule has 0 aliphatic carbocycles. The van der Waals surface area contributed by atoms with Gasteiger partial charge in [0.1, 0.15) is 16.9 Å². The predicted octanol–water partition coefficient (Wildman–Crippen LogP) is 4.98. The molecule has 3 aromatic rings. The number of aliphatic hydroxyl groups excluding tert-OH is 2. The Morgan fingerprint density at radius 1 is 0.960 bits per heavy atom. The normalized spacial score (nSPS) is 18.0. The second-order valence-corrected chi connectivity index (χ2v) is 15.8. The maximum absolute atomic E-state index is 14.2. The fraction of sp³-hybridized carbons (Fsp3) is 0.474. The van der Waals surface area contributed by atoms with E-state index >= 15 is 0 Å². The average molecular weight is 714 g/mol. The van der Waals surface area contributed by atoms with E-state index in [9.17, 15) is 37.0 Å². The summed E-state index contributed by atoms with van der Waals surface area (Å²) in [7, 11) is -3.76. The Hall–Kier alpha value is -3.71. The second kappa shape index (κ2) is 17.0. The van der Waals surface area contributed by atoms with Gasteiger partial charge in [-0.3, -0.25) is 9.59 Å². The molecule has 12 heteroatoms. The number of halogens is 2. The van der Waals surface area contributed by atoms with Gasteiger partial charge in [-0.25, -0.2) is 17.2 Å². The van der Waals surface area contributed by atoms with Crippen LogP contribution in [-0.2, 0) is 22.0 Å².